The van der Waals surface area contributed by atoms with Gasteiger partial charge < -0.3 is 0 Å². The molecule has 0 unspecified atom stereocenters. The first kappa shape index (κ1) is 63.8. The number of alkyl halides is 8. The van der Waals surface area contributed by atoms with Crippen LogP contribution >= 0.6 is 69.6 Å². The third-order valence-electron chi connectivity index (χ3n) is 8.69. The first-order chi connectivity index (χ1) is 21.8. The highest BCUT2D eigenvalue weighted by Gasteiger charge is 2.51. The molecule has 0 aliphatic carbocycles. The molecular formula is C45H92Cl6F2. The van der Waals surface area contributed by atoms with E-state index in [1.807, 2.05) is 83.1 Å². The second kappa shape index (κ2) is 20.2. The topological polar surface area (TPSA) is 0 Å². The van der Waals surface area contributed by atoms with E-state index in [9.17, 15) is 8.78 Å². The molecule has 0 aromatic rings. The second-order valence-corrected chi connectivity index (χ2v) is 28.7. The fourth-order valence-electron chi connectivity index (χ4n) is 5.97. The Hall–Kier alpha value is 1.60. The predicted octanol–water partition coefficient (Wildman–Crippen LogP) is 19.6. The van der Waals surface area contributed by atoms with E-state index in [4.69, 9.17) is 69.6 Å². The van der Waals surface area contributed by atoms with Gasteiger partial charge in [-0.1, -0.05) is 231 Å². The van der Waals surface area contributed by atoms with Crippen molar-refractivity contribution in [3.8, 4) is 0 Å². The van der Waals surface area contributed by atoms with Gasteiger partial charge in [0.05, 0.1) is 0 Å². The van der Waals surface area contributed by atoms with Crippen LogP contribution in [-0.4, -0.2) is 25.3 Å². The lowest BCUT2D eigenvalue weighted by molar-refractivity contribution is 0.0111. The van der Waals surface area contributed by atoms with Gasteiger partial charge in [0, 0.05) is 32.4 Å². The minimum absolute atomic E-state index is 0.0889. The van der Waals surface area contributed by atoms with Crippen LogP contribution in [0.3, 0.4) is 0 Å². The van der Waals surface area contributed by atoms with Crippen LogP contribution in [-0.2, 0) is 0 Å². The smallest absolute Gasteiger partial charge is 0.193 e. The molecule has 0 aromatic carbocycles. The van der Waals surface area contributed by atoms with Crippen molar-refractivity contribution in [2.75, 3.05) is 0 Å². The molecule has 0 rings (SSSR count). The summed E-state index contributed by atoms with van der Waals surface area (Å²) in [6.07, 6.45) is 0. The summed E-state index contributed by atoms with van der Waals surface area (Å²) >= 11 is 36.6. The molecule has 0 bridgehead atoms. The average Bonchev–Trinajstić information content (AvgIpc) is 2.78. The van der Waals surface area contributed by atoms with E-state index >= 15 is 0 Å². The zero-order valence-electron chi connectivity index (χ0n) is 40.7. The average molecular weight is 884 g/mol. The van der Waals surface area contributed by atoms with Crippen LogP contribution in [0.15, 0.2) is 0 Å². The fourth-order valence-corrected chi connectivity index (χ4v) is 5.97. The van der Waals surface area contributed by atoms with Crippen LogP contribution in [0.25, 0.3) is 0 Å². The van der Waals surface area contributed by atoms with Gasteiger partial charge in [-0.15, -0.1) is 46.4 Å². The highest BCUT2D eigenvalue weighted by Crippen LogP contribution is 2.53. The van der Waals surface area contributed by atoms with Crippen LogP contribution in [0.4, 0.5) is 8.78 Å². The Bertz CT molecular complexity index is 814. The van der Waals surface area contributed by atoms with Crippen molar-refractivity contribution in [2.45, 2.75) is 233 Å². The van der Waals surface area contributed by atoms with Gasteiger partial charge in [-0.25, -0.2) is 8.78 Å². The van der Waals surface area contributed by atoms with E-state index in [1.54, 1.807) is 0 Å². The summed E-state index contributed by atoms with van der Waals surface area (Å²) in [5.74, 6) is 0. The molecule has 328 valence electrons. The fraction of sp³-hybridized carbons (Fsp3) is 1.00. The monoisotopic (exact) mass is 881 g/mol. The van der Waals surface area contributed by atoms with Crippen molar-refractivity contribution in [1.82, 2.24) is 0 Å². The zero-order chi connectivity index (χ0) is 45.7. The first-order valence-electron chi connectivity index (χ1n) is 19.2. The minimum atomic E-state index is -1.65. The van der Waals surface area contributed by atoms with E-state index in [0.29, 0.717) is 0 Å². The molecule has 0 aromatic heterocycles. The van der Waals surface area contributed by atoms with E-state index in [1.165, 1.54) is 0 Å². The van der Waals surface area contributed by atoms with Gasteiger partial charge in [-0.05, 0) is 32.5 Å². The SMILES string of the molecule is CC(C)(C)C(Cl)(Cl)C(C)(C)C.CC(C)(C)C(Cl)C(C)(C)C.CC(C)(C)C(Cl)C(C)(C)C.CC(C)(C)C(F)(Cl)C(C)(C)C.CC(C)(C)C(F)(Cl)C(C)(C)C. The molecule has 0 radical (unpaired) electrons. The molecule has 0 nitrogen and oxygen atoms in total. The summed E-state index contributed by atoms with van der Waals surface area (Å²) in [7, 11) is 0. The first-order valence-corrected chi connectivity index (χ1v) is 21.6. The van der Waals surface area contributed by atoms with Crippen molar-refractivity contribution in [3.63, 3.8) is 0 Å². The minimum Gasteiger partial charge on any atom is -0.225 e. The summed E-state index contributed by atoms with van der Waals surface area (Å²) < 4.78 is 27.1. The summed E-state index contributed by atoms with van der Waals surface area (Å²) in [6.45, 7) is 60.2. The van der Waals surface area contributed by atoms with Crippen LogP contribution in [0, 0.1) is 54.1 Å². The Balaban J connectivity index is -0.000000181. The molecule has 0 saturated heterocycles. The van der Waals surface area contributed by atoms with Crippen molar-refractivity contribution >= 4 is 69.6 Å². The number of rotatable bonds is 0. The standard InChI is InChI=1S/C9H18Cl2.2C9H18ClF.2C9H19Cl/c3*1-7(2,3)9(10,11)8(4,5)6;2*1-8(2,3)7(10)9(4,5)6/h3*1-6H3;2*7H,1-6H3. The molecule has 8 heteroatoms. The maximum absolute atomic E-state index is 13.9. The molecule has 53 heavy (non-hydrogen) atoms. The van der Waals surface area contributed by atoms with Crippen LogP contribution in [0.5, 0.6) is 0 Å². The molecule has 0 amide bonds. The second-order valence-electron chi connectivity index (χ2n) is 25.4. The number of hydrogen-bond acceptors (Lipinski definition) is 0. The molecular weight excluding hydrogens is 791 g/mol. The largest absolute Gasteiger partial charge is 0.225 e. The summed E-state index contributed by atoms with van der Waals surface area (Å²) in [4.78, 5) is 0. The predicted molar refractivity (Wildman–Crippen MR) is 248 cm³/mol. The van der Waals surface area contributed by atoms with E-state index in [-0.39, 0.29) is 43.2 Å². The third-order valence-corrected chi connectivity index (χ3v) is 15.8. The Morgan fingerprint density at radius 3 is 0.377 bits per heavy atom. The van der Waals surface area contributed by atoms with Gasteiger partial charge in [0.25, 0.3) is 0 Å². The van der Waals surface area contributed by atoms with E-state index < -0.39 is 36.2 Å². The molecule has 0 saturated carbocycles. The lowest BCUT2D eigenvalue weighted by Gasteiger charge is -2.44. The Labute approximate surface area is 363 Å². The highest BCUT2D eigenvalue weighted by atomic mass is 35.5. The van der Waals surface area contributed by atoms with Gasteiger partial charge in [0.1, 0.15) is 4.33 Å². The molecule has 0 N–H and O–H groups in total. The van der Waals surface area contributed by atoms with Crippen LogP contribution in [0.1, 0.15) is 208 Å². The maximum Gasteiger partial charge on any atom is 0.193 e. The summed E-state index contributed by atoms with van der Waals surface area (Å²) in [5.41, 5.74) is -1.43. The Morgan fingerprint density at radius 1 is 0.264 bits per heavy atom. The summed E-state index contributed by atoms with van der Waals surface area (Å²) in [5, 5.41) is -2.83. The Kier molecular flexibility index (Phi) is 24.3. The Morgan fingerprint density at radius 2 is 0.377 bits per heavy atom. The van der Waals surface area contributed by atoms with E-state index in [0.717, 1.165) is 0 Å². The van der Waals surface area contributed by atoms with Crippen molar-refractivity contribution in [3.05, 3.63) is 0 Å². The van der Waals surface area contributed by atoms with Gasteiger partial charge in [0.2, 0.25) is 0 Å². The highest BCUT2D eigenvalue weighted by molar-refractivity contribution is 6.49. The normalized spacial score (nSPS) is 14.9. The van der Waals surface area contributed by atoms with Crippen LogP contribution in [0.2, 0.25) is 0 Å². The lowest BCUT2D eigenvalue weighted by Crippen LogP contribution is -2.44. The van der Waals surface area contributed by atoms with Gasteiger partial charge >= 0.3 is 0 Å². The van der Waals surface area contributed by atoms with E-state index in [2.05, 4.69) is 125 Å². The maximum atomic E-state index is 13.9. The lowest BCUT2D eigenvalue weighted by atomic mass is 9.75. The summed E-state index contributed by atoms with van der Waals surface area (Å²) in [6, 6.07) is 0. The van der Waals surface area contributed by atoms with Crippen molar-refractivity contribution < 1.29 is 8.78 Å². The molecule has 0 heterocycles. The third kappa shape index (κ3) is 22.5. The zero-order valence-corrected chi connectivity index (χ0v) is 45.2. The molecule has 0 aliphatic heterocycles. The molecule has 0 atom stereocenters. The molecule has 0 fully saturated rings. The molecule has 0 aliphatic rings. The number of hydrogen-bond donors (Lipinski definition) is 0. The van der Waals surface area contributed by atoms with Crippen molar-refractivity contribution in [2.24, 2.45) is 54.1 Å². The number of halogens is 8. The van der Waals surface area contributed by atoms with Gasteiger partial charge in [-0.2, -0.15) is 0 Å². The van der Waals surface area contributed by atoms with Crippen LogP contribution < -0.4 is 0 Å². The van der Waals surface area contributed by atoms with Gasteiger partial charge in [-0.3, -0.25) is 0 Å². The quantitative estimate of drug-likeness (QED) is 0.213. The van der Waals surface area contributed by atoms with Gasteiger partial charge in [0.15, 0.2) is 10.3 Å². The van der Waals surface area contributed by atoms with Crippen molar-refractivity contribution in [1.29, 1.82) is 0 Å². The molecule has 0 spiro atoms.